The normalized spacial score (nSPS) is 21.5. The highest BCUT2D eigenvalue weighted by molar-refractivity contribution is 6.21. The molecule has 0 spiro atoms. The van der Waals surface area contributed by atoms with Crippen molar-refractivity contribution < 1.29 is 19.3 Å². The molecule has 0 radical (unpaired) electrons. The molecule has 1 N–H and O–H groups in total. The van der Waals surface area contributed by atoms with Crippen molar-refractivity contribution in [2.75, 3.05) is 20.1 Å². The molecular formula is C16H27N4O3+. The molecule has 7 nitrogen and oxygen atoms in total. The van der Waals surface area contributed by atoms with Gasteiger partial charge in [-0.3, -0.25) is 14.6 Å². The van der Waals surface area contributed by atoms with Crippen molar-refractivity contribution in [3.05, 3.63) is 0 Å². The van der Waals surface area contributed by atoms with E-state index in [4.69, 9.17) is 0 Å². The highest BCUT2D eigenvalue weighted by Crippen LogP contribution is 2.19. The molecule has 0 aromatic carbocycles. The standard InChI is InChI=1S/C16H27N4O3/c1-5-9-19-11-17-13-12(19)14(21)20(15(22)18(13)4)10-7-6-8-16(2,3)23/h11-12,23H,5-10H2,1-4H3/q+1. The van der Waals surface area contributed by atoms with Crippen LogP contribution in [0.2, 0.25) is 0 Å². The summed E-state index contributed by atoms with van der Waals surface area (Å²) in [7, 11) is 1.66. The summed E-state index contributed by atoms with van der Waals surface area (Å²) in [5.41, 5.74) is -0.717. The lowest BCUT2D eigenvalue weighted by Gasteiger charge is -2.33. The number of aliphatic hydroxyl groups is 1. The lowest BCUT2D eigenvalue weighted by atomic mass is 10.0. The number of amidine groups is 1. The molecule has 0 aliphatic carbocycles. The molecule has 7 heteroatoms. The summed E-state index contributed by atoms with van der Waals surface area (Å²) >= 11 is 0. The number of aliphatic imine (C=N–C) groups is 1. The molecule has 3 amide bonds. The molecular weight excluding hydrogens is 296 g/mol. The Balaban J connectivity index is 2.03. The highest BCUT2D eigenvalue weighted by Gasteiger charge is 2.51. The van der Waals surface area contributed by atoms with Crippen molar-refractivity contribution in [3.8, 4) is 0 Å². The summed E-state index contributed by atoms with van der Waals surface area (Å²) in [6.07, 6.45) is 4.66. The van der Waals surface area contributed by atoms with Gasteiger partial charge >= 0.3 is 6.03 Å². The van der Waals surface area contributed by atoms with E-state index in [1.807, 2.05) is 11.5 Å². The van der Waals surface area contributed by atoms with Gasteiger partial charge < -0.3 is 5.11 Å². The third-order valence-corrected chi connectivity index (χ3v) is 4.18. The Kier molecular flexibility index (Phi) is 5.19. The maximum atomic E-state index is 12.7. The third-order valence-electron chi connectivity index (χ3n) is 4.18. The van der Waals surface area contributed by atoms with Crippen LogP contribution in [-0.4, -0.2) is 75.4 Å². The third kappa shape index (κ3) is 3.77. The van der Waals surface area contributed by atoms with Crippen molar-refractivity contribution in [1.29, 1.82) is 0 Å². The number of hydrogen-bond acceptors (Lipinski definition) is 4. The van der Waals surface area contributed by atoms with Crippen LogP contribution < -0.4 is 0 Å². The maximum absolute atomic E-state index is 12.7. The summed E-state index contributed by atoms with van der Waals surface area (Å²) in [5, 5.41) is 9.74. The Morgan fingerprint density at radius 1 is 1.35 bits per heavy atom. The van der Waals surface area contributed by atoms with Crippen molar-refractivity contribution >= 4 is 24.1 Å². The number of unbranched alkanes of at least 4 members (excludes halogenated alkanes) is 1. The topological polar surface area (TPSA) is 76.2 Å². The maximum Gasteiger partial charge on any atom is 0.333 e. The minimum absolute atomic E-state index is 0.197. The summed E-state index contributed by atoms with van der Waals surface area (Å²) in [6, 6.07) is -0.799. The van der Waals surface area contributed by atoms with Crippen LogP contribution in [0.3, 0.4) is 0 Å². The van der Waals surface area contributed by atoms with Crippen LogP contribution in [0.5, 0.6) is 0 Å². The fourth-order valence-corrected chi connectivity index (χ4v) is 2.94. The molecule has 0 saturated carbocycles. The first-order chi connectivity index (χ1) is 10.8. The molecule has 2 aliphatic rings. The first kappa shape index (κ1) is 17.6. The van der Waals surface area contributed by atoms with Crippen LogP contribution in [0.15, 0.2) is 4.99 Å². The van der Waals surface area contributed by atoms with Gasteiger partial charge in [0.05, 0.1) is 12.1 Å². The van der Waals surface area contributed by atoms with Gasteiger partial charge in [0.15, 0.2) is 0 Å². The summed E-state index contributed by atoms with van der Waals surface area (Å²) in [5.74, 6) is 0.318. The summed E-state index contributed by atoms with van der Waals surface area (Å²) in [4.78, 5) is 32.2. The highest BCUT2D eigenvalue weighted by atomic mass is 16.3. The van der Waals surface area contributed by atoms with Crippen LogP contribution in [0.4, 0.5) is 4.79 Å². The molecule has 0 bridgehead atoms. The van der Waals surface area contributed by atoms with E-state index in [-0.39, 0.29) is 11.9 Å². The number of imide groups is 1. The Bertz CT molecular complexity index is 548. The van der Waals surface area contributed by atoms with Gasteiger partial charge in [0, 0.05) is 13.6 Å². The van der Waals surface area contributed by atoms with Gasteiger partial charge in [0.2, 0.25) is 0 Å². The van der Waals surface area contributed by atoms with E-state index in [9.17, 15) is 14.7 Å². The largest absolute Gasteiger partial charge is 0.390 e. The molecule has 128 valence electrons. The zero-order valence-corrected chi connectivity index (χ0v) is 14.4. The van der Waals surface area contributed by atoms with Crippen LogP contribution in [0.1, 0.15) is 46.5 Å². The Labute approximate surface area is 137 Å². The fraction of sp³-hybridized carbons (Fsp3) is 0.750. The second-order valence-electron chi connectivity index (χ2n) is 6.84. The lowest BCUT2D eigenvalue weighted by molar-refractivity contribution is -0.531. The van der Waals surface area contributed by atoms with Gasteiger partial charge in [0.1, 0.15) is 0 Å². The monoisotopic (exact) mass is 323 g/mol. The van der Waals surface area contributed by atoms with Crippen LogP contribution in [0, 0.1) is 0 Å². The number of urea groups is 1. The van der Waals surface area contributed by atoms with Gasteiger partial charge in [-0.2, -0.15) is 0 Å². The predicted octanol–water partition coefficient (Wildman–Crippen LogP) is 1.05. The molecule has 23 heavy (non-hydrogen) atoms. The first-order valence-electron chi connectivity index (χ1n) is 8.24. The Hall–Kier alpha value is -1.76. The number of carbonyl (C=O) groups excluding carboxylic acids is 2. The van der Waals surface area contributed by atoms with E-state index in [1.54, 1.807) is 27.2 Å². The number of hydrogen-bond donors (Lipinski definition) is 1. The van der Waals surface area contributed by atoms with Gasteiger partial charge in [0.25, 0.3) is 24.1 Å². The van der Waals surface area contributed by atoms with E-state index >= 15 is 0 Å². The number of nitrogens with zero attached hydrogens (tertiary/aromatic N) is 4. The smallest absolute Gasteiger partial charge is 0.333 e. The van der Waals surface area contributed by atoms with Gasteiger partial charge in [-0.25, -0.2) is 9.37 Å². The minimum atomic E-state index is -0.717. The number of carbonyl (C=O) groups is 2. The van der Waals surface area contributed by atoms with Crippen molar-refractivity contribution in [2.45, 2.75) is 58.1 Å². The van der Waals surface area contributed by atoms with Gasteiger partial charge in [-0.05, 0) is 44.5 Å². The molecule has 1 atom stereocenters. The zero-order valence-electron chi connectivity index (χ0n) is 14.4. The molecule has 0 aromatic heterocycles. The van der Waals surface area contributed by atoms with E-state index in [2.05, 4.69) is 4.99 Å². The number of rotatable bonds is 7. The first-order valence-corrected chi connectivity index (χ1v) is 8.24. The molecule has 1 unspecified atom stereocenters. The Morgan fingerprint density at radius 3 is 2.65 bits per heavy atom. The van der Waals surface area contributed by atoms with Crippen molar-refractivity contribution in [3.63, 3.8) is 0 Å². The molecule has 0 aromatic rings. The summed E-state index contributed by atoms with van der Waals surface area (Å²) < 4.78 is 1.89. The number of fused-ring (bicyclic) bond motifs is 1. The van der Waals surface area contributed by atoms with Gasteiger partial charge in [-0.15, -0.1) is 0 Å². The van der Waals surface area contributed by atoms with Crippen LogP contribution in [0.25, 0.3) is 0 Å². The quantitative estimate of drug-likeness (QED) is 0.562. The molecule has 1 saturated heterocycles. The lowest BCUT2D eigenvalue weighted by Crippen LogP contribution is -2.62. The van der Waals surface area contributed by atoms with Crippen molar-refractivity contribution in [2.24, 2.45) is 4.99 Å². The van der Waals surface area contributed by atoms with Crippen LogP contribution >= 0.6 is 0 Å². The predicted molar refractivity (Wildman–Crippen MR) is 87.7 cm³/mol. The zero-order chi connectivity index (χ0) is 17.2. The van der Waals surface area contributed by atoms with E-state index in [1.165, 1.54) is 9.80 Å². The van der Waals surface area contributed by atoms with E-state index in [0.29, 0.717) is 25.2 Å². The number of likely N-dealkylation sites (N-methyl/N-ethyl adjacent to an activating group) is 1. The average molecular weight is 323 g/mol. The second-order valence-corrected chi connectivity index (χ2v) is 6.84. The average Bonchev–Trinajstić information content (AvgIpc) is 2.87. The summed E-state index contributed by atoms with van der Waals surface area (Å²) in [6.45, 7) is 6.68. The SMILES string of the molecule is CCC[N+]1=CN=C2C1C(=O)N(CCCCC(C)(C)O)C(=O)N2C. The molecule has 2 aliphatic heterocycles. The van der Waals surface area contributed by atoms with Crippen molar-refractivity contribution in [1.82, 2.24) is 9.80 Å². The minimum Gasteiger partial charge on any atom is -0.390 e. The van der Waals surface area contributed by atoms with Gasteiger partial charge in [-0.1, -0.05) is 6.92 Å². The van der Waals surface area contributed by atoms with E-state index < -0.39 is 11.6 Å². The van der Waals surface area contributed by atoms with Crippen LogP contribution in [-0.2, 0) is 4.79 Å². The Morgan fingerprint density at radius 2 is 2.04 bits per heavy atom. The van der Waals surface area contributed by atoms with E-state index in [0.717, 1.165) is 19.4 Å². The number of amides is 3. The molecule has 2 heterocycles. The fourth-order valence-electron chi connectivity index (χ4n) is 2.94. The molecule has 2 rings (SSSR count). The second kappa shape index (κ2) is 6.78. The molecule has 1 fully saturated rings.